The first-order valence-electron chi connectivity index (χ1n) is 2.23. The molecule has 0 aliphatic heterocycles. The highest BCUT2D eigenvalue weighted by atomic mass is 16.5. The second-order valence-electron chi connectivity index (χ2n) is 1.39. The van der Waals surface area contributed by atoms with E-state index in [9.17, 15) is 0 Å². The van der Waals surface area contributed by atoms with Crippen LogP contribution in [0.25, 0.3) is 0 Å². The molecular formula is C4H11N2O. The second kappa shape index (κ2) is 4.05. The van der Waals surface area contributed by atoms with Crippen molar-refractivity contribution >= 4 is 0 Å². The van der Waals surface area contributed by atoms with Gasteiger partial charge in [-0.25, -0.2) is 5.73 Å². The number of hydrogen-bond acceptors (Lipinski definition) is 2. The van der Waals surface area contributed by atoms with E-state index in [-0.39, 0.29) is 0 Å². The standard InChI is InChI=1S/C4H11N2O/c1-7-3-2-4(5)6/h4-5H,2-3,6H2,1H3. The molecule has 0 rings (SSSR count). The SMILES string of the molecule is COCCC([NH])N. The molecule has 3 N–H and O–H groups in total. The van der Waals surface area contributed by atoms with E-state index < -0.39 is 6.17 Å². The van der Waals surface area contributed by atoms with E-state index >= 15 is 0 Å². The lowest BCUT2D eigenvalue weighted by Gasteiger charge is -1.99. The first-order valence-corrected chi connectivity index (χ1v) is 2.23. The van der Waals surface area contributed by atoms with Gasteiger partial charge in [-0.2, -0.15) is 0 Å². The number of rotatable bonds is 3. The number of nitrogens with two attached hydrogens (primary N) is 1. The predicted octanol–water partition coefficient (Wildman–Crippen LogP) is -0.409. The van der Waals surface area contributed by atoms with Crippen molar-refractivity contribution in [3.8, 4) is 0 Å². The Morgan fingerprint density at radius 3 is 2.57 bits per heavy atom. The van der Waals surface area contributed by atoms with Gasteiger partial charge in [0.25, 0.3) is 0 Å². The second-order valence-corrected chi connectivity index (χ2v) is 1.39. The largest absolute Gasteiger partial charge is 0.385 e. The van der Waals surface area contributed by atoms with Crippen LogP contribution in [0.15, 0.2) is 0 Å². The molecule has 0 saturated carbocycles. The number of methoxy groups -OCH3 is 1. The minimum atomic E-state index is -0.472. The van der Waals surface area contributed by atoms with Crippen LogP contribution in [-0.2, 0) is 4.74 Å². The van der Waals surface area contributed by atoms with Crippen molar-refractivity contribution in [2.24, 2.45) is 5.73 Å². The van der Waals surface area contributed by atoms with E-state index in [1.807, 2.05) is 0 Å². The average Bonchev–Trinajstić information content (AvgIpc) is 1.61. The van der Waals surface area contributed by atoms with Gasteiger partial charge in [-0.15, -0.1) is 0 Å². The molecule has 0 aromatic carbocycles. The summed E-state index contributed by atoms with van der Waals surface area (Å²) >= 11 is 0. The maximum atomic E-state index is 6.78. The first-order chi connectivity index (χ1) is 3.27. The fraction of sp³-hybridized carbons (Fsp3) is 1.00. The van der Waals surface area contributed by atoms with Crippen LogP contribution in [0.3, 0.4) is 0 Å². The third kappa shape index (κ3) is 5.88. The minimum Gasteiger partial charge on any atom is -0.385 e. The highest BCUT2D eigenvalue weighted by Crippen LogP contribution is 1.79. The van der Waals surface area contributed by atoms with Gasteiger partial charge in [0.1, 0.15) is 0 Å². The summed E-state index contributed by atoms with van der Waals surface area (Å²) in [5, 5.41) is 0. The molecule has 1 unspecified atom stereocenters. The van der Waals surface area contributed by atoms with Gasteiger partial charge < -0.3 is 10.5 Å². The molecule has 0 spiro atoms. The number of ether oxygens (including phenoxy) is 1. The summed E-state index contributed by atoms with van der Waals surface area (Å²) in [4.78, 5) is 0. The Hall–Kier alpha value is -0.120. The Kier molecular flexibility index (Phi) is 3.98. The van der Waals surface area contributed by atoms with Crippen molar-refractivity contribution in [1.29, 1.82) is 0 Å². The highest BCUT2D eigenvalue weighted by molar-refractivity contribution is 4.45. The lowest BCUT2D eigenvalue weighted by atomic mass is 10.4. The maximum absolute atomic E-state index is 6.78. The third-order valence-corrected chi connectivity index (χ3v) is 0.633. The van der Waals surface area contributed by atoms with Crippen molar-refractivity contribution in [3.63, 3.8) is 0 Å². The Bertz CT molecular complexity index is 38.7. The molecule has 7 heavy (non-hydrogen) atoms. The number of nitrogens with one attached hydrogen (secondary N) is 1. The molecule has 3 nitrogen and oxygen atoms in total. The van der Waals surface area contributed by atoms with E-state index in [2.05, 4.69) is 4.74 Å². The summed E-state index contributed by atoms with van der Waals surface area (Å²) in [6.45, 7) is 0.588. The minimum absolute atomic E-state index is 0.472. The van der Waals surface area contributed by atoms with Crippen LogP contribution < -0.4 is 11.5 Å². The van der Waals surface area contributed by atoms with Crippen molar-refractivity contribution < 1.29 is 4.74 Å². The van der Waals surface area contributed by atoms with Crippen molar-refractivity contribution in [2.75, 3.05) is 13.7 Å². The van der Waals surface area contributed by atoms with Gasteiger partial charge >= 0.3 is 0 Å². The van der Waals surface area contributed by atoms with Crippen LogP contribution in [0.4, 0.5) is 0 Å². The van der Waals surface area contributed by atoms with E-state index in [0.29, 0.717) is 13.0 Å². The first kappa shape index (κ1) is 6.88. The third-order valence-electron chi connectivity index (χ3n) is 0.633. The van der Waals surface area contributed by atoms with Crippen LogP contribution >= 0.6 is 0 Å². The van der Waals surface area contributed by atoms with E-state index in [4.69, 9.17) is 11.5 Å². The fourth-order valence-electron chi connectivity index (χ4n) is 0.245. The fourth-order valence-corrected chi connectivity index (χ4v) is 0.245. The van der Waals surface area contributed by atoms with Gasteiger partial charge in [0.2, 0.25) is 0 Å². The van der Waals surface area contributed by atoms with Crippen molar-refractivity contribution in [3.05, 3.63) is 0 Å². The molecular weight excluding hydrogens is 92.1 g/mol. The van der Waals surface area contributed by atoms with Crippen LogP contribution in [-0.4, -0.2) is 19.9 Å². The normalized spacial score (nSPS) is 10.3. The van der Waals surface area contributed by atoms with Gasteiger partial charge in [0, 0.05) is 20.1 Å². The van der Waals surface area contributed by atoms with Crippen LogP contribution in [0.5, 0.6) is 0 Å². The summed E-state index contributed by atoms with van der Waals surface area (Å²) < 4.78 is 4.65. The topological polar surface area (TPSA) is 59.0 Å². The van der Waals surface area contributed by atoms with Crippen LogP contribution in [0, 0.1) is 0 Å². The smallest absolute Gasteiger partial charge is 0.0701 e. The van der Waals surface area contributed by atoms with Gasteiger partial charge in [0.15, 0.2) is 0 Å². The van der Waals surface area contributed by atoms with Gasteiger partial charge in [-0.3, -0.25) is 0 Å². The molecule has 0 aromatic rings. The molecule has 43 valence electrons. The molecule has 3 heteroatoms. The average molecular weight is 103 g/mol. The molecule has 1 atom stereocenters. The van der Waals surface area contributed by atoms with Gasteiger partial charge in [0.05, 0.1) is 6.17 Å². The number of hydrogen-bond donors (Lipinski definition) is 1. The Morgan fingerprint density at radius 2 is 2.43 bits per heavy atom. The molecule has 1 radical (unpaired) electrons. The van der Waals surface area contributed by atoms with E-state index in [1.165, 1.54) is 0 Å². The summed E-state index contributed by atoms with van der Waals surface area (Å²) in [6, 6.07) is 0. The molecule has 0 bridgehead atoms. The molecule has 0 saturated heterocycles. The monoisotopic (exact) mass is 103 g/mol. The maximum Gasteiger partial charge on any atom is 0.0701 e. The summed E-state index contributed by atoms with van der Waals surface area (Å²) in [6.07, 6.45) is 0.149. The lowest BCUT2D eigenvalue weighted by molar-refractivity contribution is 0.188. The van der Waals surface area contributed by atoms with Crippen LogP contribution in [0.1, 0.15) is 6.42 Å². The summed E-state index contributed by atoms with van der Waals surface area (Å²) in [5.74, 6) is 0. The Morgan fingerprint density at radius 1 is 1.86 bits per heavy atom. The molecule has 0 fully saturated rings. The van der Waals surface area contributed by atoms with Gasteiger partial charge in [-0.1, -0.05) is 0 Å². The Labute approximate surface area is 43.6 Å². The van der Waals surface area contributed by atoms with Crippen molar-refractivity contribution in [2.45, 2.75) is 12.6 Å². The van der Waals surface area contributed by atoms with Gasteiger partial charge in [-0.05, 0) is 0 Å². The van der Waals surface area contributed by atoms with Crippen LogP contribution in [0.2, 0.25) is 0 Å². The summed E-state index contributed by atoms with van der Waals surface area (Å²) in [7, 11) is 1.60. The zero-order valence-electron chi connectivity index (χ0n) is 4.48. The highest BCUT2D eigenvalue weighted by Gasteiger charge is 1.90. The quantitative estimate of drug-likeness (QED) is 0.528. The molecule has 0 heterocycles. The summed E-state index contributed by atoms with van der Waals surface area (Å²) in [5.41, 5.74) is 11.8. The van der Waals surface area contributed by atoms with E-state index in [1.54, 1.807) is 7.11 Å². The zero-order chi connectivity index (χ0) is 5.70. The molecule has 0 aromatic heterocycles. The zero-order valence-corrected chi connectivity index (χ0v) is 4.48. The molecule has 0 aliphatic rings. The molecule has 0 amide bonds. The van der Waals surface area contributed by atoms with Crippen molar-refractivity contribution in [1.82, 2.24) is 5.73 Å². The molecule has 0 aliphatic carbocycles. The van der Waals surface area contributed by atoms with E-state index in [0.717, 1.165) is 0 Å². The Balaban J connectivity index is 2.68. The predicted molar refractivity (Wildman–Crippen MR) is 27.6 cm³/mol. The lowest BCUT2D eigenvalue weighted by Crippen LogP contribution is -2.22.